The highest BCUT2D eigenvalue weighted by atomic mass is 35.5. The molecule has 0 unspecified atom stereocenters. The predicted molar refractivity (Wildman–Crippen MR) is 89.2 cm³/mol. The Labute approximate surface area is 142 Å². The number of hydrogen-bond donors (Lipinski definition) is 1. The molecule has 0 fully saturated rings. The van der Waals surface area contributed by atoms with Gasteiger partial charge in [0.15, 0.2) is 5.43 Å². The Morgan fingerprint density at radius 3 is 2.39 bits per heavy atom. The zero-order valence-corrected chi connectivity index (χ0v) is 14.3. The summed E-state index contributed by atoms with van der Waals surface area (Å²) in [7, 11) is 4.19. The summed E-state index contributed by atoms with van der Waals surface area (Å²) in [6, 6.07) is 15.7. The second-order valence-corrected chi connectivity index (χ2v) is 5.97. The van der Waals surface area contributed by atoms with E-state index in [0.717, 1.165) is 17.7 Å². The maximum absolute atomic E-state index is 12.7. The molecule has 0 aliphatic carbocycles. The lowest BCUT2D eigenvalue weighted by molar-refractivity contribution is -0.872. The molecule has 3 aromatic rings. The fourth-order valence-corrected chi connectivity index (χ4v) is 2.72. The van der Waals surface area contributed by atoms with E-state index >= 15 is 0 Å². The van der Waals surface area contributed by atoms with Crippen molar-refractivity contribution in [3.63, 3.8) is 0 Å². The normalized spacial score (nSPS) is 10.8. The van der Waals surface area contributed by atoms with E-state index in [1.165, 1.54) is 4.90 Å². The lowest BCUT2D eigenvalue weighted by atomic mass is 10.0. The summed E-state index contributed by atoms with van der Waals surface area (Å²) in [5.41, 5.74) is 3.43. The van der Waals surface area contributed by atoms with Crippen LogP contribution >= 0.6 is 0 Å². The summed E-state index contributed by atoms with van der Waals surface area (Å²) >= 11 is 0. The lowest BCUT2D eigenvalue weighted by Crippen LogP contribution is -3.04. The molecule has 1 heterocycles. The van der Waals surface area contributed by atoms with Crippen LogP contribution in [0.2, 0.25) is 0 Å². The molecule has 3 rings (SSSR count). The summed E-state index contributed by atoms with van der Waals surface area (Å²) in [4.78, 5) is 14.0. The highest BCUT2D eigenvalue weighted by Gasteiger charge is 2.13. The van der Waals surface area contributed by atoms with Crippen molar-refractivity contribution in [2.24, 2.45) is 0 Å². The minimum atomic E-state index is 0. The highest BCUT2D eigenvalue weighted by Crippen LogP contribution is 2.25. The van der Waals surface area contributed by atoms with Gasteiger partial charge in [-0.05, 0) is 25.1 Å². The van der Waals surface area contributed by atoms with E-state index in [2.05, 4.69) is 14.1 Å². The Morgan fingerprint density at radius 1 is 1.04 bits per heavy atom. The van der Waals surface area contributed by atoms with Gasteiger partial charge in [-0.15, -0.1) is 0 Å². The maximum Gasteiger partial charge on any atom is 0.196 e. The van der Waals surface area contributed by atoms with Crippen LogP contribution in [0.25, 0.3) is 22.3 Å². The molecule has 0 radical (unpaired) electrons. The highest BCUT2D eigenvalue weighted by molar-refractivity contribution is 5.81. The molecule has 0 saturated heterocycles. The molecule has 23 heavy (non-hydrogen) atoms. The molecule has 3 nitrogen and oxygen atoms in total. The first-order valence-electron chi connectivity index (χ1n) is 7.47. The summed E-state index contributed by atoms with van der Waals surface area (Å²) < 4.78 is 6.01. The predicted octanol–water partition coefficient (Wildman–Crippen LogP) is -0.583. The van der Waals surface area contributed by atoms with Gasteiger partial charge in [0.05, 0.1) is 19.5 Å². The molecule has 120 valence electrons. The van der Waals surface area contributed by atoms with Crippen molar-refractivity contribution >= 4 is 11.0 Å². The lowest BCUT2D eigenvalue weighted by Gasteiger charge is -2.10. The van der Waals surface area contributed by atoms with E-state index in [1.54, 1.807) is 0 Å². The second-order valence-electron chi connectivity index (χ2n) is 5.97. The first-order valence-corrected chi connectivity index (χ1v) is 7.47. The van der Waals surface area contributed by atoms with Crippen molar-refractivity contribution in [3.8, 4) is 11.3 Å². The van der Waals surface area contributed by atoms with Gasteiger partial charge >= 0.3 is 0 Å². The Kier molecular flexibility index (Phi) is 5.24. The number of nitrogens with one attached hydrogen (secondary N) is 1. The van der Waals surface area contributed by atoms with Crippen molar-refractivity contribution in [1.82, 2.24) is 0 Å². The van der Waals surface area contributed by atoms with Crippen molar-refractivity contribution in [3.05, 3.63) is 69.9 Å². The molecule has 1 aromatic heterocycles. The van der Waals surface area contributed by atoms with E-state index in [9.17, 15) is 4.79 Å². The van der Waals surface area contributed by atoms with E-state index in [-0.39, 0.29) is 17.8 Å². The van der Waals surface area contributed by atoms with Crippen LogP contribution in [-0.4, -0.2) is 14.1 Å². The van der Waals surface area contributed by atoms with Crippen LogP contribution in [-0.2, 0) is 6.54 Å². The van der Waals surface area contributed by atoms with Crippen molar-refractivity contribution in [1.29, 1.82) is 0 Å². The number of fused-ring (bicyclic) bond motifs is 1. The van der Waals surface area contributed by atoms with Gasteiger partial charge in [0.2, 0.25) is 0 Å². The molecule has 0 spiro atoms. The van der Waals surface area contributed by atoms with E-state index in [0.29, 0.717) is 22.3 Å². The zero-order valence-electron chi connectivity index (χ0n) is 13.5. The standard InChI is InChI=1S/C19H19NO2.ClH/c1-13-18(21)16-11-14(12-20(2)3)9-10-17(16)22-19(13)15-7-5-4-6-8-15;/h4-11H,12H2,1-3H3;1H. The van der Waals surface area contributed by atoms with Gasteiger partial charge < -0.3 is 21.7 Å². The summed E-state index contributed by atoms with van der Waals surface area (Å²) in [6.07, 6.45) is 0. The number of halogens is 1. The van der Waals surface area contributed by atoms with Crippen LogP contribution in [0.4, 0.5) is 0 Å². The minimum absolute atomic E-state index is 0. The fraction of sp³-hybridized carbons (Fsp3) is 0.211. The van der Waals surface area contributed by atoms with Crippen molar-refractivity contribution in [2.45, 2.75) is 13.5 Å². The molecule has 0 amide bonds. The number of hydrogen-bond acceptors (Lipinski definition) is 2. The van der Waals surface area contributed by atoms with Crippen LogP contribution < -0.4 is 22.7 Å². The van der Waals surface area contributed by atoms with Gasteiger partial charge in [-0.2, -0.15) is 0 Å². The molecule has 0 bridgehead atoms. The van der Waals surface area contributed by atoms with Gasteiger partial charge in [-0.3, -0.25) is 4.79 Å². The third-order valence-corrected chi connectivity index (χ3v) is 3.78. The van der Waals surface area contributed by atoms with Crippen LogP contribution in [0.1, 0.15) is 11.1 Å². The third-order valence-electron chi connectivity index (χ3n) is 3.78. The Hall–Kier alpha value is -2.10. The second kappa shape index (κ2) is 6.99. The maximum atomic E-state index is 12.7. The average molecular weight is 330 g/mol. The topological polar surface area (TPSA) is 34.7 Å². The molecule has 1 N–H and O–H groups in total. The Balaban J connectivity index is 0.00000192. The number of rotatable bonds is 3. The molecular formula is C19H20ClNO2. The molecule has 0 saturated carbocycles. The summed E-state index contributed by atoms with van der Waals surface area (Å²) in [5, 5.41) is 0.663. The fourth-order valence-electron chi connectivity index (χ4n) is 2.72. The third kappa shape index (κ3) is 3.46. The molecular weight excluding hydrogens is 310 g/mol. The van der Waals surface area contributed by atoms with Crippen LogP contribution in [0.15, 0.2) is 57.7 Å². The Bertz CT molecular complexity index is 870. The Morgan fingerprint density at radius 2 is 1.74 bits per heavy atom. The average Bonchev–Trinajstić information content (AvgIpc) is 2.51. The van der Waals surface area contributed by atoms with Gasteiger partial charge in [-0.25, -0.2) is 0 Å². The smallest absolute Gasteiger partial charge is 0.196 e. The van der Waals surface area contributed by atoms with Crippen molar-refractivity contribution in [2.75, 3.05) is 14.1 Å². The van der Waals surface area contributed by atoms with Gasteiger partial charge in [0.1, 0.15) is 17.9 Å². The van der Waals surface area contributed by atoms with Gasteiger partial charge in [0.25, 0.3) is 0 Å². The van der Waals surface area contributed by atoms with E-state index < -0.39 is 0 Å². The SMILES string of the molecule is Cc1c(-c2ccccc2)oc2ccc(C[NH+](C)C)cc2c1=O.[Cl-]. The van der Waals surface area contributed by atoms with E-state index in [4.69, 9.17) is 4.42 Å². The quantitative estimate of drug-likeness (QED) is 0.697. The first kappa shape index (κ1) is 17.3. The number of quaternary nitrogens is 1. The molecule has 0 aliphatic heterocycles. The summed E-state index contributed by atoms with van der Waals surface area (Å²) in [5.74, 6) is 0.657. The minimum Gasteiger partial charge on any atom is -1.00 e. The molecule has 2 aromatic carbocycles. The summed E-state index contributed by atoms with van der Waals surface area (Å²) in [6.45, 7) is 2.71. The van der Waals surface area contributed by atoms with Gasteiger partial charge in [0, 0.05) is 16.7 Å². The zero-order chi connectivity index (χ0) is 15.7. The van der Waals surface area contributed by atoms with Crippen LogP contribution in [0.5, 0.6) is 0 Å². The number of benzene rings is 2. The van der Waals surface area contributed by atoms with E-state index in [1.807, 2.05) is 55.5 Å². The molecule has 0 atom stereocenters. The molecule has 0 aliphatic rings. The van der Waals surface area contributed by atoms with Crippen LogP contribution in [0, 0.1) is 6.92 Å². The first-order chi connectivity index (χ1) is 10.6. The monoisotopic (exact) mass is 329 g/mol. The largest absolute Gasteiger partial charge is 1.00 e. The van der Waals surface area contributed by atoms with Crippen molar-refractivity contribution < 1.29 is 21.7 Å². The van der Waals surface area contributed by atoms with Crippen LogP contribution in [0.3, 0.4) is 0 Å². The molecule has 4 heteroatoms. The van der Waals surface area contributed by atoms with Gasteiger partial charge in [-0.1, -0.05) is 30.3 Å².